The zero-order valence-electron chi connectivity index (χ0n) is 11.4. The van der Waals surface area contributed by atoms with Gasteiger partial charge in [0.2, 0.25) is 0 Å². The third-order valence-corrected chi connectivity index (χ3v) is 3.90. The van der Waals surface area contributed by atoms with E-state index in [2.05, 4.69) is 9.88 Å². The average Bonchev–Trinajstić information content (AvgIpc) is 2.75. The fourth-order valence-electron chi connectivity index (χ4n) is 2.83. The molecule has 1 fully saturated rings. The number of hydrogen-bond donors (Lipinski definition) is 1. The van der Waals surface area contributed by atoms with E-state index >= 15 is 0 Å². The van der Waals surface area contributed by atoms with E-state index in [1.54, 1.807) is 18.3 Å². The van der Waals surface area contributed by atoms with Crippen molar-refractivity contribution in [2.24, 2.45) is 0 Å². The highest BCUT2D eigenvalue weighted by Crippen LogP contribution is 2.27. The summed E-state index contributed by atoms with van der Waals surface area (Å²) in [6.07, 6.45) is 6.74. The second-order valence-corrected chi connectivity index (χ2v) is 5.28. The number of aromatic carboxylic acids is 1. The summed E-state index contributed by atoms with van der Waals surface area (Å²) in [6, 6.07) is 7.14. The van der Waals surface area contributed by atoms with Gasteiger partial charge in [-0.2, -0.15) is 0 Å². The Morgan fingerprint density at radius 1 is 1.10 bits per heavy atom. The van der Waals surface area contributed by atoms with Crippen molar-refractivity contribution in [3.63, 3.8) is 0 Å². The summed E-state index contributed by atoms with van der Waals surface area (Å²) in [5.41, 5.74) is 0.325. The van der Waals surface area contributed by atoms with Crippen molar-refractivity contribution < 1.29 is 9.90 Å². The van der Waals surface area contributed by atoms with E-state index in [-0.39, 0.29) is 0 Å². The summed E-state index contributed by atoms with van der Waals surface area (Å²) in [6.45, 7) is 2.07. The third-order valence-electron chi connectivity index (χ3n) is 3.90. The van der Waals surface area contributed by atoms with Crippen LogP contribution in [0.25, 0.3) is 10.8 Å². The first-order valence-electron chi connectivity index (χ1n) is 7.13. The number of aromatic nitrogens is 1. The van der Waals surface area contributed by atoms with Crippen LogP contribution in [0.2, 0.25) is 0 Å². The Morgan fingerprint density at radius 3 is 2.55 bits per heavy atom. The average molecular weight is 270 g/mol. The molecule has 3 rings (SSSR count). The first-order valence-corrected chi connectivity index (χ1v) is 7.13. The standard InChI is InChI=1S/C16H18N2O2/c19-16(20)13-5-6-14-12(11-13)7-8-17-15(14)18-9-3-1-2-4-10-18/h5-8,11H,1-4,9-10H2,(H,19,20). The molecule has 0 atom stereocenters. The van der Waals surface area contributed by atoms with Gasteiger partial charge in [-0.05, 0) is 42.5 Å². The van der Waals surface area contributed by atoms with Crippen LogP contribution in [-0.4, -0.2) is 29.1 Å². The molecule has 0 radical (unpaired) electrons. The number of pyridine rings is 1. The lowest BCUT2D eigenvalue weighted by molar-refractivity contribution is 0.0697. The fourth-order valence-corrected chi connectivity index (χ4v) is 2.83. The molecule has 1 aliphatic rings. The van der Waals surface area contributed by atoms with Crippen molar-refractivity contribution in [2.45, 2.75) is 25.7 Å². The van der Waals surface area contributed by atoms with E-state index in [1.807, 2.05) is 12.1 Å². The smallest absolute Gasteiger partial charge is 0.335 e. The predicted molar refractivity (Wildman–Crippen MR) is 79.4 cm³/mol. The molecular weight excluding hydrogens is 252 g/mol. The van der Waals surface area contributed by atoms with Crippen LogP contribution in [-0.2, 0) is 0 Å². The van der Waals surface area contributed by atoms with E-state index in [1.165, 1.54) is 25.7 Å². The van der Waals surface area contributed by atoms with Gasteiger partial charge in [0.15, 0.2) is 0 Å². The van der Waals surface area contributed by atoms with Gasteiger partial charge < -0.3 is 10.0 Å². The van der Waals surface area contributed by atoms with Gasteiger partial charge in [0.25, 0.3) is 0 Å². The second kappa shape index (κ2) is 5.49. The monoisotopic (exact) mass is 270 g/mol. The Labute approximate surface area is 118 Å². The van der Waals surface area contributed by atoms with Crippen molar-refractivity contribution in [3.05, 3.63) is 36.0 Å². The maximum atomic E-state index is 11.1. The van der Waals surface area contributed by atoms with Crippen molar-refractivity contribution >= 4 is 22.6 Å². The minimum atomic E-state index is -0.889. The number of rotatable bonds is 2. The van der Waals surface area contributed by atoms with Crippen molar-refractivity contribution in [3.8, 4) is 0 Å². The maximum Gasteiger partial charge on any atom is 0.335 e. The Kier molecular flexibility index (Phi) is 3.54. The minimum absolute atomic E-state index is 0.325. The van der Waals surface area contributed by atoms with E-state index in [0.717, 1.165) is 29.7 Å². The van der Waals surface area contributed by atoms with E-state index in [0.29, 0.717) is 5.56 Å². The molecular formula is C16H18N2O2. The molecule has 1 aromatic carbocycles. The quantitative estimate of drug-likeness (QED) is 0.909. The van der Waals surface area contributed by atoms with Gasteiger partial charge in [0, 0.05) is 24.7 Å². The van der Waals surface area contributed by atoms with E-state index < -0.39 is 5.97 Å². The molecule has 1 aliphatic heterocycles. The number of benzene rings is 1. The van der Waals surface area contributed by atoms with Crippen molar-refractivity contribution in [1.29, 1.82) is 0 Å². The number of hydrogen-bond acceptors (Lipinski definition) is 3. The number of anilines is 1. The lowest BCUT2D eigenvalue weighted by Crippen LogP contribution is -2.25. The largest absolute Gasteiger partial charge is 0.478 e. The van der Waals surface area contributed by atoms with Gasteiger partial charge >= 0.3 is 5.97 Å². The zero-order chi connectivity index (χ0) is 13.9. The van der Waals surface area contributed by atoms with Crippen LogP contribution in [0.3, 0.4) is 0 Å². The van der Waals surface area contributed by atoms with Crippen molar-refractivity contribution in [2.75, 3.05) is 18.0 Å². The molecule has 0 amide bonds. The number of fused-ring (bicyclic) bond motifs is 1. The summed E-state index contributed by atoms with van der Waals surface area (Å²) in [4.78, 5) is 17.9. The highest BCUT2D eigenvalue weighted by Gasteiger charge is 2.14. The van der Waals surface area contributed by atoms with Crippen LogP contribution >= 0.6 is 0 Å². The Hall–Kier alpha value is -2.10. The lowest BCUT2D eigenvalue weighted by atomic mass is 10.1. The predicted octanol–water partition coefficient (Wildman–Crippen LogP) is 3.31. The number of carboxylic acid groups (broad SMARTS) is 1. The van der Waals surface area contributed by atoms with Gasteiger partial charge in [-0.25, -0.2) is 9.78 Å². The molecule has 0 spiro atoms. The molecule has 0 bridgehead atoms. The van der Waals surface area contributed by atoms with Crippen LogP contribution in [0.5, 0.6) is 0 Å². The van der Waals surface area contributed by atoms with Crippen LogP contribution in [0.4, 0.5) is 5.82 Å². The highest BCUT2D eigenvalue weighted by molar-refractivity contribution is 5.98. The Bertz CT molecular complexity index is 631. The first-order chi connectivity index (χ1) is 9.75. The van der Waals surface area contributed by atoms with Crippen LogP contribution in [0.1, 0.15) is 36.0 Å². The highest BCUT2D eigenvalue weighted by atomic mass is 16.4. The van der Waals surface area contributed by atoms with Crippen LogP contribution < -0.4 is 4.90 Å². The summed E-state index contributed by atoms with van der Waals surface area (Å²) < 4.78 is 0. The molecule has 0 aliphatic carbocycles. The molecule has 104 valence electrons. The summed E-state index contributed by atoms with van der Waals surface area (Å²) >= 11 is 0. The van der Waals surface area contributed by atoms with Gasteiger partial charge in [0.1, 0.15) is 5.82 Å². The molecule has 1 aromatic heterocycles. The molecule has 0 unspecified atom stereocenters. The van der Waals surface area contributed by atoms with Crippen molar-refractivity contribution in [1.82, 2.24) is 4.98 Å². The molecule has 1 N–H and O–H groups in total. The van der Waals surface area contributed by atoms with Gasteiger partial charge in [-0.15, -0.1) is 0 Å². The minimum Gasteiger partial charge on any atom is -0.478 e. The normalized spacial score (nSPS) is 16.1. The molecule has 1 saturated heterocycles. The molecule has 4 heteroatoms. The van der Waals surface area contributed by atoms with Gasteiger partial charge in [-0.1, -0.05) is 12.8 Å². The van der Waals surface area contributed by atoms with Crippen LogP contribution in [0, 0.1) is 0 Å². The van der Waals surface area contributed by atoms with E-state index in [4.69, 9.17) is 5.11 Å². The SMILES string of the molecule is O=C(O)c1ccc2c(N3CCCCCC3)nccc2c1. The maximum absolute atomic E-state index is 11.1. The van der Waals surface area contributed by atoms with Crippen LogP contribution in [0.15, 0.2) is 30.5 Å². The zero-order valence-corrected chi connectivity index (χ0v) is 11.4. The molecule has 2 heterocycles. The molecule has 20 heavy (non-hydrogen) atoms. The third kappa shape index (κ3) is 2.46. The lowest BCUT2D eigenvalue weighted by Gasteiger charge is -2.22. The molecule has 4 nitrogen and oxygen atoms in total. The molecule has 0 saturated carbocycles. The van der Waals surface area contributed by atoms with Gasteiger partial charge in [-0.3, -0.25) is 0 Å². The topological polar surface area (TPSA) is 53.4 Å². The molecule has 2 aromatic rings. The summed E-state index contributed by atoms with van der Waals surface area (Å²) in [7, 11) is 0. The number of carbonyl (C=O) groups is 1. The Morgan fingerprint density at radius 2 is 1.85 bits per heavy atom. The Balaban J connectivity index is 2.04. The van der Waals surface area contributed by atoms with Gasteiger partial charge in [0.05, 0.1) is 5.56 Å². The fraction of sp³-hybridized carbons (Fsp3) is 0.375. The summed E-state index contributed by atoms with van der Waals surface area (Å²) in [5.74, 6) is 0.0985. The van der Waals surface area contributed by atoms with E-state index in [9.17, 15) is 4.79 Å². The first kappa shape index (κ1) is 12.9. The number of nitrogens with zero attached hydrogens (tertiary/aromatic N) is 2. The number of carboxylic acids is 1. The second-order valence-electron chi connectivity index (χ2n) is 5.28. The summed E-state index contributed by atoms with van der Waals surface area (Å²) in [5, 5.41) is 11.1.